The molecule has 0 amide bonds. The average Bonchev–Trinajstić information content (AvgIpc) is 2.25. The van der Waals surface area contributed by atoms with Gasteiger partial charge in [-0.2, -0.15) is 0 Å². The number of hydrogen-bond acceptors (Lipinski definition) is 2. The highest BCUT2D eigenvalue weighted by Gasteiger charge is 2.14. The van der Waals surface area contributed by atoms with Crippen LogP contribution in [0.4, 0.5) is 5.69 Å². The van der Waals surface area contributed by atoms with E-state index in [1.165, 1.54) is 0 Å². The van der Waals surface area contributed by atoms with E-state index in [9.17, 15) is 4.79 Å². The summed E-state index contributed by atoms with van der Waals surface area (Å²) in [5, 5.41) is 9.06. The van der Waals surface area contributed by atoms with Crippen LogP contribution in [0.15, 0.2) is 29.8 Å². The Morgan fingerprint density at radius 2 is 2.12 bits per heavy atom. The molecular weight excluding hydrogens is 202 g/mol. The molecule has 16 heavy (non-hydrogen) atoms. The van der Waals surface area contributed by atoms with Gasteiger partial charge in [-0.25, -0.2) is 4.79 Å². The van der Waals surface area contributed by atoms with Gasteiger partial charge in [0, 0.05) is 24.9 Å². The minimum absolute atomic E-state index is 0.501. The highest BCUT2D eigenvalue weighted by Crippen LogP contribution is 2.25. The second-order valence-corrected chi connectivity index (χ2v) is 4.06. The first-order valence-electron chi connectivity index (χ1n) is 5.42. The molecule has 1 aliphatic rings. The summed E-state index contributed by atoms with van der Waals surface area (Å²) in [5.41, 5.74) is 2.59. The van der Waals surface area contributed by atoms with Gasteiger partial charge < -0.3 is 10.0 Å². The number of anilines is 1. The number of nitrogens with zero attached hydrogens (tertiary/aromatic N) is 1. The fourth-order valence-electron chi connectivity index (χ4n) is 2.01. The number of aliphatic carboxylic acids is 1. The van der Waals surface area contributed by atoms with Gasteiger partial charge in [0.2, 0.25) is 0 Å². The quantitative estimate of drug-likeness (QED) is 0.785. The summed E-state index contributed by atoms with van der Waals surface area (Å²) >= 11 is 0. The van der Waals surface area contributed by atoms with Crippen LogP contribution in [0.1, 0.15) is 18.4 Å². The maximum absolute atomic E-state index is 11.0. The van der Waals surface area contributed by atoms with Crippen molar-refractivity contribution >= 4 is 17.7 Å². The van der Waals surface area contributed by atoms with Gasteiger partial charge in [-0.1, -0.05) is 18.2 Å². The minimum Gasteiger partial charge on any atom is -0.478 e. The van der Waals surface area contributed by atoms with Crippen molar-refractivity contribution < 1.29 is 9.90 Å². The molecule has 0 aromatic heterocycles. The van der Waals surface area contributed by atoms with Crippen molar-refractivity contribution in [1.29, 1.82) is 0 Å². The van der Waals surface area contributed by atoms with E-state index in [0.29, 0.717) is 12.0 Å². The fraction of sp³-hybridized carbons (Fsp3) is 0.308. The Kier molecular flexibility index (Phi) is 2.95. The van der Waals surface area contributed by atoms with Crippen molar-refractivity contribution in [1.82, 2.24) is 0 Å². The van der Waals surface area contributed by atoms with Crippen LogP contribution in [0.2, 0.25) is 0 Å². The van der Waals surface area contributed by atoms with E-state index in [2.05, 4.69) is 4.90 Å². The van der Waals surface area contributed by atoms with Gasteiger partial charge in [0.05, 0.1) is 0 Å². The molecule has 0 spiro atoms. The van der Waals surface area contributed by atoms with Crippen LogP contribution in [-0.4, -0.2) is 24.7 Å². The van der Waals surface area contributed by atoms with E-state index >= 15 is 0 Å². The number of hydrogen-bond donors (Lipinski definition) is 1. The average molecular weight is 217 g/mol. The summed E-state index contributed by atoms with van der Waals surface area (Å²) in [6.07, 6.45) is 3.30. The Morgan fingerprint density at radius 3 is 2.88 bits per heavy atom. The van der Waals surface area contributed by atoms with Gasteiger partial charge in [-0.15, -0.1) is 0 Å². The maximum atomic E-state index is 11.0. The van der Waals surface area contributed by atoms with Gasteiger partial charge in [0.1, 0.15) is 0 Å². The molecule has 1 aliphatic heterocycles. The number of para-hydroxylation sites is 1. The van der Waals surface area contributed by atoms with E-state index in [1.807, 2.05) is 31.3 Å². The zero-order chi connectivity index (χ0) is 11.5. The summed E-state index contributed by atoms with van der Waals surface area (Å²) in [6.45, 7) is 0.891. The smallest absolute Gasteiger partial charge is 0.331 e. The number of fused-ring (bicyclic) bond motifs is 1. The zero-order valence-corrected chi connectivity index (χ0v) is 9.31. The number of rotatable bonds is 1. The monoisotopic (exact) mass is 217 g/mol. The lowest BCUT2D eigenvalue weighted by molar-refractivity contribution is -0.132. The Hall–Kier alpha value is -1.77. The van der Waals surface area contributed by atoms with Crippen LogP contribution < -0.4 is 4.90 Å². The van der Waals surface area contributed by atoms with Gasteiger partial charge >= 0.3 is 5.97 Å². The molecule has 1 aromatic rings. The zero-order valence-electron chi connectivity index (χ0n) is 9.31. The SMILES string of the molecule is CN1CCCC(C(=O)O)=Cc2ccccc21. The second kappa shape index (κ2) is 4.39. The van der Waals surface area contributed by atoms with Crippen LogP contribution >= 0.6 is 0 Å². The van der Waals surface area contributed by atoms with E-state index in [-0.39, 0.29) is 0 Å². The lowest BCUT2D eigenvalue weighted by Crippen LogP contribution is -2.21. The predicted molar refractivity (Wildman–Crippen MR) is 64.6 cm³/mol. The molecule has 0 saturated heterocycles. The molecule has 1 N–H and O–H groups in total. The van der Waals surface area contributed by atoms with Crippen LogP contribution in [0.25, 0.3) is 6.08 Å². The molecule has 0 radical (unpaired) electrons. The van der Waals surface area contributed by atoms with E-state index in [0.717, 1.165) is 24.2 Å². The molecular formula is C13H15NO2. The predicted octanol–water partition coefficient (Wildman–Crippen LogP) is 2.38. The number of benzene rings is 1. The molecule has 3 heteroatoms. The Bertz CT molecular complexity index is 437. The molecule has 0 fully saturated rings. The lowest BCUT2D eigenvalue weighted by Gasteiger charge is -2.23. The first kappa shape index (κ1) is 10.7. The summed E-state index contributed by atoms with van der Waals surface area (Å²) in [6, 6.07) is 7.90. The molecule has 1 heterocycles. The highest BCUT2D eigenvalue weighted by molar-refractivity contribution is 5.93. The first-order chi connectivity index (χ1) is 7.68. The number of carboxylic acids is 1. The molecule has 0 aliphatic carbocycles. The summed E-state index contributed by atoms with van der Waals surface area (Å²) in [7, 11) is 2.04. The normalized spacial score (nSPS) is 15.8. The van der Waals surface area contributed by atoms with E-state index in [1.54, 1.807) is 6.08 Å². The Labute approximate surface area is 95.0 Å². The lowest BCUT2D eigenvalue weighted by atomic mass is 10.0. The van der Waals surface area contributed by atoms with Crippen molar-refractivity contribution in [3.8, 4) is 0 Å². The molecule has 0 atom stereocenters. The molecule has 0 bridgehead atoms. The van der Waals surface area contributed by atoms with Crippen molar-refractivity contribution in [3.63, 3.8) is 0 Å². The molecule has 1 aromatic carbocycles. The van der Waals surface area contributed by atoms with Crippen molar-refractivity contribution in [2.24, 2.45) is 0 Å². The highest BCUT2D eigenvalue weighted by atomic mass is 16.4. The van der Waals surface area contributed by atoms with Gasteiger partial charge in [0.25, 0.3) is 0 Å². The third kappa shape index (κ3) is 2.08. The van der Waals surface area contributed by atoms with Crippen molar-refractivity contribution in [2.75, 3.05) is 18.5 Å². The first-order valence-corrected chi connectivity index (χ1v) is 5.42. The minimum atomic E-state index is -0.806. The Balaban J connectivity index is 2.48. The molecule has 0 unspecified atom stereocenters. The summed E-state index contributed by atoms with van der Waals surface area (Å²) < 4.78 is 0. The molecule has 3 nitrogen and oxygen atoms in total. The maximum Gasteiger partial charge on any atom is 0.331 e. The standard InChI is InChI=1S/C13H15NO2/c1-14-8-4-6-11(13(15)16)9-10-5-2-3-7-12(10)14/h2-3,5,7,9H,4,6,8H2,1H3,(H,15,16). The van der Waals surface area contributed by atoms with Gasteiger partial charge in [0.15, 0.2) is 0 Å². The van der Waals surface area contributed by atoms with E-state index in [4.69, 9.17) is 5.11 Å². The van der Waals surface area contributed by atoms with Gasteiger partial charge in [-0.05, 0) is 30.5 Å². The molecule has 84 valence electrons. The van der Waals surface area contributed by atoms with Crippen LogP contribution in [0, 0.1) is 0 Å². The third-order valence-electron chi connectivity index (χ3n) is 2.89. The van der Waals surface area contributed by atoms with Crippen LogP contribution in [0.5, 0.6) is 0 Å². The third-order valence-corrected chi connectivity index (χ3v) is 2.89. The summed E-state index contributed by atoms with van der Waals surface area (Å²) in [4.78, 5) is 13.2. The fourth-order valence-corrected chi connectivity index (χ4v) is 2.01. The number of carboxylic acid groups (broad SMARTS) is 1. The topological polar surface area (TPSA) is 40.5 Å². The Morgan fingerprint density at radius 1 is 1.38 bits per heavy atom. The van der Waals surface area contributed by atoms with Gasteiger partial charge in [-0.3, -0.25) is 0 Å². The summed E-state index contributed by atoms with van der Waals surface area (Å²) in [5.74, 6) is -0.806. The van der Waals surface area contributed by atoms with E-state index < -0.39 is 5.97 Å². The number of carbonyl (C=O) groups is 1. The van der Waals surface area contributed by atoms with Crippen LogP contribution in [-0.2, 0) is 4.79 Å². The molecule has 0 saturated carbocycles. The molecule has 2 rings (SSSR count). The van der Waals surface area contributed by atoms with Crippen LogP contribution in [0.3, 0.4) is 0 Å². The largest absolute Gasteiger partial charge is 0.478 e. The second-order valence-electron chi connectivity index (χ2n) is 4.06. The van der Waals surface area contributed by atoms with Crippen molar-refractivity contribution in [2.45, 2.75) is 12.8 Å². The van der Waals surface area contributed by atoms with Crippen molar-refractivity contribution in [3.05, 3.63) is 35.4 Å².